The number of nitrogens with one attached hydrogen (secondary N) is 2. The monoisotopic (exact) mass is 452 g/mol. The standard InChI is InChI=1S/C15H18F2N4O2.HI/c1-10-3-4-13(23-14(16)17)11(7-10)8-19-15(18-2)20-9-12-5-6-22-21-12;/h3-7,14H,8-9H2,1-2H3,(H2,18,19,20);1H. The van der Waals surface area contributed by atoms with Crippen molar-refractivity contribution in [3.8, 4) is 5.75 Å². The number of aromatic nitrogens is 1. The summed E-state index contributed by atoms with van der Waals surface area (Å²) in [5, 5.41) is 9.86. The molecule has 0 aliphatic carbocycles. The highest BCUT2D eigenvalue weighted by atomic mass is 127. The Hall–Kier alpha value is -1.91. The molecule has 0 atom stereocenters. The zero-order chi connectivity index (χ0) is 16.7. The average molecular weight is 452 g/mol. The predicted octanol–water partition coefficient (Wildman–Crippen LogP) is 3.07. The van der Waals surface area contributed by atoms with Gasteiger partial charge in [-0.2, -0.15) is 8.78 Å². The summed E-state index contributed by atoms with van der Waals surface area (Å²) in [6.07, 6.45) is 1.48. The molecule has 0 amide bonds. The second-order valence-electron chi connectivity index (χ2n) is 4.76. The number of hydrogen-bond acceptors (Lipinski definition) is 4. The third-order valence-electron chi connectivity index (χ3n) is 3.03. The molecule has 2 aromatic rings. The van der Waals surface area contributed by atoms with Gasteiger partial charge in [0.15, 0.2) is 5.96 Å². The summed E-state index contributed by atoms with van der Waals surface area (Å²) in [5.74, 6) is 0.655. The van der Waals surface area contributed by atoms with E-state index in [0.717, 1.165) is 11.3 Å². The molecule has 0 aliphatic rings. The molecule has 0 spiro atoms. The fourth-order valence-electron chi connectivity index (χ4n) is 1.96. The van der Waals surface area contributed by atoms with Gasteiger partial charge in [0.2, 0.25) is 0 Å². The third kappa shape index (κ3) is 6.30. The van der Waals surface area contributed by atoms with Crippen LogP contribution < -0.4 is 15.4 Å². The molecule has 0 saturated heterocycles. The Kier molecular flexibility index (Phi) is 8.44. The van der Waals surface area contributed by atoms with Crippen molar-refractivity contribution < 1.29 is 18.0 Å². The lowest BCUT2D eigenvalue weighted by Crippen LogP contribution is -2.36. The summed E-state index contributed by atoms with van der Waals surface area (Å²) in [7, 11) is 1.62. The van der Waals surface area contributed by atoms with E-state index in [2.05, 4.69) is 25.5 Å². The first-order valence-electron chi connectivity index (χ1n) is 6.96. The van der Waals surface area contributed by atoms with Crippen molar-refractivity contribution in [2.24, 2.45) is 4.99 Å². The van der Waals surface area contributed by atoms with Crippen molar-refractivity contribution in [2.45, 2.75) is 26.6 Å². The lowest BCUT2D eigenvalue weighted by atomic mass is 10.1. The molecule has 1 aromatic carbocycles. The molecule has 132 valence electrons. The van der Waals surface area contributed by atoms with Crippen LogP contribution in [0.3, 0.4) is 0 Å². The van der Waals surface area contributed by atoms with Gasteiger partial charge in [-0.25, -0.2) is 0 Å². The molecule has 24 heavy (non-hydrogen) atoms. The minimum Gasteiger partial charge on any atom is -0.434 e. The van der Waals surface area contributed by atoms with Crippen LogP contribution in [0.2, 0.25) is 0 Å². The van der Waals surface area contributed by atoms with Crippen molar-refractivity contribution in [3.63, 3.8) is 0 Å². The van der Waals surface area contributed by atoms with E-state index in [4.69, 9.17) is 4.52 Å². The Morgan fingerprint density at radius 1 is 1.29 bits per heavy atom. The predicted molar refractivity (Wildman–Crippen MR) is 96.8 cm³/mol. The minimum atomic E-state index is -2.86. The normalized spacial score (nSPS) is 11.1. The molecule has 2 N–H and O–H groups in total. The van der Waals surface area contributed by atoms with Crippen LogP contribution in [0.25, 0.3) is 0 Å². The highest BCUT2D eigenvalue weighted by molar-refractivity contribution is 14.0. The van der Waals surface area contributed by atoms with Crippen molar-refractivity contribution in [3.05, 3.63) is 47.3 Å². The van der Waals surface area contributed by atoms with Crippen LogP contribution >= 0.6 is 24.0 Å². The molecular formula is C15H19F2IN4O2. The molecule has 0 radical (unpaired) electrons. The Morgan fingerprint density at radius 3 is 2.67 bits per heavy atom. The average Bonchev–Trinajstić information content (AvgIpc) is 3.03. The topological polar surface area (TPSA) is 71.7 Å². The quantitative estimate of drug-likeness (QED) is 0.401. The summed E-state index contributed by atoms with van der Waals surface area (Å²) in [4.78, 5) is 4.06. The Morgan fingerprint density at radius 2 is 2.04 bits per heavy atom. The summed E-state index contributed by atoms with van der Waals surface area (Å²) in [6, 6.07) is 6.77. The number of benzene rings is 1. The van der Waals surface area contributed by atoms with Crippen molar-refractivity contribution in [2.75, 3.05) is 7.05 Å². The van der Waals surface area contributed by atoms with Gasteiger partial charge in [-0.3, -0.25) is 4.99 Å². The number of hydrogen-bond donors (Lipinski definition) is 2. The summed E-state index contributed by atoms with van der Waals surface area (Å²) < 4.78 is 34.2. The van der Waals surface area contributed by atoms with Crippen LogP contribution in [0, 0.1) is 6.92 Å². The maximum absolute atomic E-state index is 12.4. The highest BCUT2D eigenvalue weighted by Crippen LogP contribution is 2.21. The van der Waals surface area contributed by atoms with Gasteiger partial charge in [0.05, 0.1) is 6.54 Å². The number of aryl methyl sites for hydroxylation is 1. The SMILES string of the molecule is CN=C(NCc1ccon1)NCc1cc(C)ccc1OC(F)F.I. The number of aliphatic imine (C=N–C) groups is 1. The van der Waals surface area contributed by atoms with Crippen LogP contribution in [0.5, 0.6) is 5.75 Å². The largest absolute Gasteiger partial charge is 0.434 e. The Bertz CT molecular complexity index is 651. The van der Waals surface area contributed by atoms with Crippen LogP contribution in [0.4, 0.5) is 8.78 Å². The van der Waals surface area contributed by atoms with Crippen LogP contribution in [0.15, 0.2) is 40.0 Å². The van der Waals surface area contributed by atoms with E-state index in [0.29, 0.717) is 24.6 Å². The van der Waals surface area contributed by atoms with E-state index >= 15 is 0 Å². The first-order valence-corrected chi connectivity index (χ1v) is 6.96. The number of ether oxygens (including phenoxy) is 1. The van der Waals surface area contributed by atoms with Gasteiger partial charge in [-0.15, -0.1) is 24.0 Å². The van der Waals surface area contributed by atoms with Gasteiger partial charge in [0.25, 0.3) is 0 Å². The molecule has 0 unspecified atom stereocenters. The first-order chi connectivity index (χ1) is 11.1. The fourth-order valence-corrected chi connectivity index (χ4v) is 1.96. The molecule has 0 fully saturated rings. The molecule has 1 aromatic heterocycles. The lowest BCUT2D eigenvalue weighted by Gasteiger charge is -2.14. The maximum atomic E-state index is 12.4. The molecule has 0 saturated carbocycles. The molecule has 6 nitrogen and oxygen atoms in total. The lowest BCUT2D eigenvalue weighted by molar-refractivity contribution is -0.0504. The van der Waals surface area contributed by atoms with Crippen molar-refractivity contribution >= 4 is 29.9 Å². The number of halogens is 3. The summed E-state index contributed by atoms with van der Waals surface area (Å²) >= 11 is 0. The van der Waals surface area contributed by atoms with Crippen LogP contribution in [0.1, 0.15) is 16.8 Å². The van der Waals surface area contributed by atoms with Crippen molar-refractivity contribution in [1.82, 2.24) is 15.8 Å². The maximum Gasteiger partial charge on any atom is 0.387 e. The van der Waals surface area contributed by atoms with E-state index in [1.54, 1.807) is 25.2 Å². The van der Waals surface area contributed by atoms with E-state index in [-0.39, 0.29) is 29.7 Å². The molecule has 0 bridgehead atoms. The number of alkyl halides is 2. The van der Waals surface area contributed by atoms with Gasteiger partial charge in [-0.1, -0.05) is 22.9 Å². The zero-order valence-electron chi connectivity index (χ0n) is 13.3. The van der Waals surface area contributed by atoms with Gasteiger partial charge in [-0.05, 0) is 13.0 Å². The third-order valence-corrected chi connectivity index (χ3v) is 3.03. The molecule has 0 aliphatic heterocycles. The van der Waals surface area contributed by atoms with Gasteiger partial charge in [0.1, 0.15) is 17.7 Å². The summed E-state index contributed by atoms with van der Waals surface area (Å²) in [6.45, 7) is -0.249. The van der Waals surface area contributed by atoms with E-state index < -0.39 is 6.61 Å². The fraction of sp³-hybridized carbons (Fsp3) is 0.333. The van der Waals surface area contributed by atoms with Gasteiger partial charge < -0.3 is 19.9 Å². The second kappa shape index (κ2) is 10.1. The molecule has 1 heterocycles. The Labute approximate surface area is 155 Å². The van der Waals surface area contributed by atoms with Crippen molar-refractivity contribution in [1.29, 1.82) is 0 Å². The van der Waals surface area contributed by atoms with E-state index in [9.17, 15) is 8.78 Å². The molecule has 9 heteroatoms. The molecular weight excluding hydrogens is 433 g/mol. The Balaban J connectivity index is 0.00000288. The van der Waals surface area contributed by atoms with Gasteiger partial charge >= 0.3 is 6.61 Å². The van der Waals surface area contributed by atoms with E-state index in [1.807, 2.05) is 6.92 Å². The number of guanidine groups is 1. The minimum absolute atomic E-state index is 0. The van der Waals surface area contributed by atoms with Gasteiger partial charge in [0, 0.05) is 25.2 Å². The first kappa shape index (κ1) is 20.1. The second-order valence-corrected chi connectivity index (χ2v) is 4.76. The molecule has 2 rings (SSSR count). The highest BCUT2D eigenvalue weighted by Gasteiger charge is 2.10. The number of rotatable bonds is 6. The number of nitrogens with zero attached hydrogens (tertiary/aromatic N) is 2. The smallest absolute Gasteiger partial charge is 0.387 e. The van der Waals surface area contributed by atoms with Crippen LogP contribution in [-0.4, -0.2) is 24.8 Å². The zero-order valence-corrected chi connectivity index (χ0v) is 15.6. The van der Waals surface area contributed by atoms with E-state index in [1.165, 1.54) is 12.3 Å². The summed E-state index contributed by atoms with van der Waals surface area (Å²) in [5.41, 5.74) is 2.30. The van der Waals surface area contributed by atoms with Crippen LogP contribution in [-0.2, 0) is 13.1 Å².